The Bertz CT molecular complexity index is 343. The molecule has 0 bridgehead atoms. The molecule has 0 aliphatic carbocycles. The van der Waals surface area contributed by atoms with Gasteiger partial charge in [0.2, 0.25) is 0 Å². The predicted molar refractivity (Wildman–Crippen MR) is 94.8 cm³/mol. The SMILES string of the molecule is Cl.Cl.Cl.c1cc(N2CCOCC2)ccc1[C@@H]1CNCCN1. The van der Waals surface area contributed by atoms with Gasteiger partial charge in [-0.25, -0.2) is 0 Å². The first-order valence-electron chi connectivity index (χ1n) is 6.80. The van der Waals surface area contributed by atoms with Crippen molar-refractivity contribution in [2.45, 2.75) is 6.04 Å². The Morgan fingerprint density at radius 2 is 1.62 bits per heavy atom. The summed E-state index contributed by atoms with van der Waals surface area (Å²) >= 11 is 0. The molecule has 2 saturated heterocycles. The molecular weight excluding hydrogens is 333 g/mol. The van der Waals surface area contributed by atoms with Crippen LogP contribution in [0.2, 0.25) is 0 Å². The molecule has 4 nitrogen and oxygen atoms in total. The molecule has 3 rings (SSSR count). The van der Waals surface area contributed by atoms with Crippen molar-refractivity contribution in [2.75, 3.05) is 50.8 Å². The summed E-state index contributed by atoms with van der Waals surface area (Å²) < 4.78 is 5.38. The molecule has 1 aromatic rings. The number of rotatable bonds is 2. The van der Waals surface area contributed by atoms with Crippen LogP contribution in [-0.2, 0) is 4.74 Å². The molecule has 122 valence electrons. The zero-order valence-electron chi connectivity index (χ0n) is 11.9. The largest absolute Gasteiger partial charge is 0.378 e. The van der Waals surface area contributed by atoms with Crippen LogP contribution in [0.1, 0.15) is 11.6 Å². The van der Waals surface area contributed by atoms with Gasteiger partial charge in [0.25, 0.3) is 0 Å². The highest BCUT2D eigenvalue weighted by Crippen LogP contribution is 2.20. The van der Waals surface area contributed by atoms with Crippen molar-refractivity contribution in [1.29, 1.82) is 0 Å². The van der Waals surface area contributed by atoms with Gasteiger partial charge in [0.15, 0.2) is 0 Å². The number of hydrogen-bond acceptors (Lipinski definition) is 4. The molecule has 1 aromatic carbocycles. The van der Waals surface area contributed by atoms with Gasteiger partial charge >= 0.3 is 0 Å². The smallest absolute Gasteiger partial charge is 0.0642 e. The first kappa shape index (κ1) is 20.8. The normalized spacial score (nSPS) is 21.5. The summed E-state index contributed by atoms with van der Waals surface area (Å²) in [5.74, 6) is 0. The van der Waals surface area contributed by atoms with E-state index in [2.05, 4.69) is 39.8 Å². The Balaban J connectivity index is 0.00000133. The second-order valence-corrected chi connectivity index (χ2v) is 4.90. The summed E-state index contributed by atoms with van der Waals surface area (Å²) in [5, 5.41) is 6.96. The van der Waals surface area contributed by atoms with Gasteiger partial charge in [-0.2, -0.15) is 0 Å². The van der Waals surface area contributed by atoms with Crippen LogP contribution in [-0.4, -0.2) is 45.9 Å². The second-order valence-electron chi connectivity index (χ2n) is 4.90. The Morgan fingerprint density at radius 3 is 2.19 bits per heavy atom. The zero-order valence-corrected chi connectivity index (χ0v) is 14.4. The van der Waals surface area contributed by atoms with Crippen molar-refractivity contribution in [3.8, 4) is 0 Å². The van der Waals surface area contributed by atoms with Crippen molar-refractivity contribution in [2.24, 2.45) is 0 Å². The molecule has 21 heavy (non-hydrogen) atoms. The average Bonchev–Trinajstić information content (AvgIpc) is 2.49. The Hall–Kier alpha value is -0.230. The molecule has 7 heteroatoms. The summed E-state index contributed by atoms with van der Waals surface area (Å²) in [6, 6.07) is 9.41. The maximum Gasteiger partial charge on any atom is 0.0642 e. The maximum atomic E-state index is 5.38. The number of halogens is 3. The predicted octanol–water partition coefficient (Wildman–Crippen LogP) is 2.02. The molecule has 2 aliphatic rings. The fourth-order valence-corrected chi connectivity index (χ4v) is 2.63. The van der Waals surface area contributed by atoms with E-state index in [0.717, 1.165) is 45.9 Å². The van der Waals surface area contributed by atoms with Crippen molar-refractivity contribution < 1.29 is 4.74 Å². The van der Waals surface area contributed by atoms with Gasteiger partial charge in [0, 0.05) is 44.5 Å². The third-order valence-electron chi connectivity index (χ3n) is 3.71. The first-order valence-corrected chi connectivity index (χ1v) is 6.80. The highest BCUT2D eigenvalue weighted by Gasteiger charge is 2.15. The van der Waals surface area contributed by atoms with E-state index in [9.17, 15) is 0 Å². The molecule has 1 atom stereocenters. The number of anilines is 1. The van der Waals surface area contributed by atoms with E-state index in [1.165, 1.54) is 11.3 Å². The molecule has 0 aromatic heterocycles. The molecule has 2 N–H and O–H groups in total. The minimum absolute atomic E-state index is 0. The van der Waals surface area contributed by atoms with Gasteiger partial charge in [-0.05, 0) is 17.7 Å². The number of nitrogens with zero attached hydrogens (tertiary/aromatic N) is 1. The fourth-order valence-electron chi connectivity index (χ4n) is 2.63. The van der Waals surface area contributed by atoms with Crippen LogP contribution >= 0.6 is 37.2 Å². The minimum Gasteiger partial charge on any atom is -0.378 e. The number of morpholine rings is 1. The molecule has 2 aliphatic heterocycles. The lowest BCUT2D eigenvalue weighted by Crippen LogP contribution is -2.42. The summed E-state index contributed by atoms with van der Waals surface area (Å²) in [6.45, 7) is 6.84. The zero-order chi connectivity index (χ0) is 12.2. The van der Waals surface area contributed by atoms with Crippen LogP contribution in [0.25, 0.3) is 0 Å². The van der Waals surface area contributed by atoms with E-state index in [4.69, 9.17) is 4.74 Å². The summed E-state index contributed by atoms with van der Waals surface area (Å²) in [4.78, 5) is 2.39. The van der Waals surface area contributed by atoms with E-state index >= 15 is 0 Å². The van der Waals surface area contributed by atoms with Crippen molar-refractivity contribution >= 4 is 42.9 Å². The van der Waals surface area contributed by atoms with Gasteiger partial charge in [-0.15, -0.1) is 37.2 Å². The average molecular weight is 357 g/mol. The third-order valence-corrected chi connectivity index (χ3v) is 3.71. The van der Waals surface area contributed by atoms with Crippen LogP contribution in [0, 0.1) is 0 Å². The van der Waals surface area contributed by atoms with E-state index in [0.29, 0.717) is 6.04 Å². The molecule has 2 heterocycles. The van der Waals surface area contributed by atoms with Crippen molar-refractivity contribution in [1.82, 2.24) is 10.6 Å². The van der Waals surface area contributed by atoms with Crippen LogP contribution in [0.3, 0.4) is 0 Å². The van der Waals surface area contributed by atoms with Crippen LogP contribution in [0.5, 0.6) is 0 Å². The van der Waals surface area contributed by atoms with Crippen molar-refractivity contribution in [3.05, 3.63) is 29.8 Å². The second kappa shape index (κ2) is 10.5. The standard InChI is InChI=1S/C14H21N3O.3ClH/c1-3-13(17-7-9-18-10-8-17)4-2-12(1)14-11-15-5-6-16-14;;;/h1-4,14-16H,5-11H2;3*1H/t14-;;;/m0.../s1. The highest BCUT2D eigenvalue weighted by molar-refractivity contribution is 5.86. The number of piperazine rings is 1. The number of ether oxygens (including phenoxy) is 1. The van der Waals surface area contributed by atoms with Crippen LogP contribution in [0.15, 0.2) is 24.3 Å². The fraction of sp³-hybridized carbons (Fsp3) is 0.571. The summed E-state index contributed by atoms with van der Waals surface area (Å²) in [5.41, 5.74) is 2.69. The number of benzene rings is 1. The third kappa shape index (κ3) is 5.47. The number of nitrogens with one attached hydrogen (secondary N) is 2. The molecule has 0 spiro atoms. The van der Waals surface area contributed by atoms with Gasteiger partial charge in [-0.1, -0.05) is 12.1 Å². The topological polar surface area (TPSA) is 36.5 Å². The Morgan fingerprint density at radius 1 is 0.952 bits per heavy atom. The molecule has 0 saturated carbocycles. The van der Waals surface area contributed by atoms with Gasteiger partial charge in [0.1, 0.15) is 0 Å². The molecule has 0 amide bonds. The summed E-state index contributed by atoms with van der Waals surface area (Å²) in [7, 11) is 0. The lowest BCUT2D eigenvalue weighted by molar-refractivity contribution is 0.122. The van der Waals surface area contributed by atoms with Crippen molar-refractivity contribution in [3.63, 3.8) is 0 Å². The monoisotopic (exact) mass is 355 g/mol. The lowest BCUT2D eigenvalue weighted by atomic mass is 10.0. The van der Waals surface area contributed by atoms with Crippen LogP contribution < -0.4 is 15.5 Å². The number of hydrogen-bond donors (Lipinski definition) is 2. The Labute approximate surface area is 145 Å². The molecule has 0 unspecified atom stereocenters. The van der Waals surface area contributed by atoms with Crippen LogP contribution in [0.4, 0.5) is 5.69 Å². The first-order chi connectivity index (χ1) is 8.93. The van der Waals surface area contributed by atoms with Gasteiger partial charge < -0.3 is 20.3 Å². The van der Waals surface area contributed by atoms with E-state index in [1.807, 2.05) is 0 Å². The lowest BCUT2D eigenvalue weighted by Gasteiger charge is -2.30. The summed E-state index contributed by atoms with van der Waals surface area (Å²) in [6.07, 6.45) is 0. The Kier molecular flexibility index (Phi) is 10.4. The van der Waals surface area contributed by atoms with Gasteiger partial charge in [0.05, 0.1) is 13.2 Å². The minimum atomic E-state index is 0. The van der Waals surface area contributed by atoms with E-state index in [1.54, 1.807) is 0 Å². The van der Waals surface area contributed by atoms with E-state index < -0.39 is 0 Å². The maximum absolute atomic E-state index is 5.38. The highest BCUT2D eigenvalue weighted by atomic mass is 35.5. The molecular formula is C14H24Cl3N3O. The quantitative estimate of drug-likeness (QED) is 0.850. The van der Waals surface area contributed by atoms with Gasteiger partial charge in [-0.3, -0.25) is 0 Å². The molecule has 2 fully saturated rings. The van der Waals surface area contributed by atoms with E-state index in [-0.39, 0.29) is 37.2 Å². The molecule has 0 radical (unpaired) electrons.